The number of nitrogens with zero attached hydrogens (tertiary/aromatic N) is 3. The number of rotatable bonds is 4. The summed E-state index contributed by atoms with van der Waals surface area (Å²) in [5.41, 5.74) is 1.19. The van der Waals surface area contributed by atoms with Crippen LogP contribution in [0.15, 0.2) is 12.4 Å². The standard InChI is InChI=1S/C8H11N5S/c1-6-12-13-8(14-6)9-3-2-7-4-10-11-5-7/h4-5H,2-3H2,1H3,(H,9,13)(H,10,11). The molecule has 0 bridgehead atoms. The van der Waals surface area contributed by atoms with E-state index in [-0.39, 0.29) is 0 Å². The van der Waals surface area contributed by atoms with Gasteiger partial charge in [0, 0.05) is 12.7 Å². The van der Waals surface area contributed by atoms with Crippen molar-refractivity contribution in [3.63, 3.8) is 0 Å². The van der Waals surface area contributed by atoms with E-state index < -0.39 is 0 Å². The molecule has 5 nitrogen and oxygen atoms in total. The molecule has 0 aliphatic heterocycles. The molecule has 2 aromatic rings. The first-order chi connectivity index (χ1) is 6.84. The fourth-order valence-electron chi connectivity index (χ4n) is 1.10. The predicted octanol–water partition coefficient (Wildman–Crippen LogP) is 1.22. The summed E-state index contributed by atoms with van der Waals surface area (Å²) in [7, 11) is 0. The van der Waals surface area contributed by atoms with E-state index in [0.29, 0.717) is 0 Å². The maximum Gasteiger partial charge on any atom is 0.205 e. The number of aryl methyl sites for hydroxylation is 1. The van der Waals surface area contributed by atoms with Crippen molar-refractivity contribution in [2.24, 2.45) is 0 Å². The molecule has 2 rings (SSSR count). The Labute approximate surface area is 85.6 Å². The Morgan fingerprint density at radius 2 is 2.43 bits per heavy atom. The van der Waals surface area contributed by atoms with Crippen LogP contribution in [0, 0.1) is 6.92 Å². The molecular weight excluding hydrogens is 198 g/mol. The number of hydrogen-bond acceptors (Lipinski definition) is 5. The van der Waals surface area contributed by atoms with Gasteiger partial charge in [0.1, 0.15) is 5.01 Å². The molecule has 0 amide bonds. The van der Waals surface area contributed by atoms with Crippen molar-refractivity contribution in [1.29, 1.82) is 0 Å². The SMILES string of the molecule is Cc1nnc(NCCc2cn[nH]c2)s1. The van der Waals surface area contributed by atoms with Gasteiger partial charge < -0.3 is 5.32 Å². The quantitative estimate of drug-likeness (QED) is 0.794. The highest BCUT2D eigenvalue weighted by molar-refractivity contribution is 7.15. The first-order valence-corrected chi connectivity index (χ1v) is 5.18. The number of H-pyrrole nitrogens is 1. The summed E-state index contributed by atoms with van der Waals surface area (Å²) in [6.07, 6.45) is 4.66. The van der Waals surface area contributed by atoms with Gasteiger partial charge in [-0.2, -0.15) is 5.10 Å². The first kappa shape index (κ1) is 9.14. The molecule has 2 N–H and O–H groups in total. The van der Waals surface area contributed by atoms with Crippen LogP contribution in [0.4, 0.5) is 5.13 Å². The van der Waals surface area contributed by atoms with E-state index >= 15 is 0 Å². The van der Waals surface area contributed by atoms with E-state index in [2.05, 4.69) is 25.7 Å². The van der Waals surface area contributed by atoms with Gasteiger partial charge >= 0.3 is 0 Å². The molecule has 0 radical (unpaired) electrons. The maximum absolute atomic E-state index is 3.97. The number of anilines is 1. The highest BCUT2D eigenvalue weighted by atomic mass is 32.1. The minimum Gasteiger partial charge on any atom is -0.360 e. The van der Waals surface area contributed by atoms with Crippen molar-refractivity contribution in [3.05, 3.63) is 23.0 Å². The van der Waals surface area contributed by atoms with E-state index in [1.807, 2.05) is 19.3 Å². The fourth-order valence-corrected chi connectivity index (χ4v) is 1.71. The van der Waals surface area contributed by atoms with Gasteiger partial charge in [0.05, 0.1) is 6.20 Å². The number of hydrogen-bond donors (Lipinski definition) is 2. The molecule has 2 heterocycles. The third kappa shape index (κ3) is 2.29. The number of aromatic nitrogens is 4. The molecule has 0 aromatic carbocycles. The van der Waals surface area contributed by atoms with Crippen LogP contribution >= 0.6 is 11.3 Å². The fraction of sp³-hybridized carbons (Fsp3) is 0.375. The maximum atomic E-state index is 3.97. The summed E-state index contributed by atoms with van der Waals surface area (Å²) in [5.74, 6) is 0. The number of aromatic amines is 1. The van der Waals surface area contributed by atoms with Gasteiger partial charge in [0.15, 0.2) is 0 Å². The van der Waals surface area contributed by atoms with Crippen LogP contribution in [0.25, 0.3) is 0 Å². The molecule has 0 aliphatic rings. The van der Waals surface area contributed by atoms with Crippen LogP contribution in [0.3, 0.4) is 0 Å². The molecule has 0 saturated carbocycles. The van der Waals surface area contributed by atoms with Crippen LogP contribution in [0.2, 0.25) is 0 Å². The minimum atomic E-state index is 0.855. The summed E-state index contributed by atoms with van der Waals surface area (Å²) in [5, 5.41) is 19.6. The summed E-state index contributed by atoms with van der Waals surface area (Å²) in [4.78, 5) is 0. The molecular formula is C8H11N5S. The van der Waals surface area contributed by atoms with E-state index in [0.717, 1.165) is 23.1 Å². The summed E-state index contributed by atoms with van der Waals surface area (Å²) < 4.78 is 0. The number of nitrogens with one attached hydrogen (secondary N) is 2. The second-order valence-electron chi connectivity index (χ2n) is 2.91. The van der Waals surface area contributed by atoms with Crippen molar-refractivity contribution in [2.45, 2.75) is 13.3 Å². The molecule has 0 aliphatic carbocycles. The van der Waals surface area contributed by atoms with Gasteiger partial charge in [-0.05, 0) is 18.9 Å². The smallest absolute Gasteiger partial charge is 0.205 e. The molecule has 0 fully saturated rings. The first-order valence-electron chi connectivity index (χ1n) is 4.36. The van der Waals surface area contributed by atoms with Crippen LogP contribution < -0.4 is 5.32 Å². The van der Waals surface area contributed by atoms with Crippen LogP contribution in [0.5, 0.6) is 0 Å². The molecule has 0 unspecified atom stereocenters. The zero-order chi connectivity index (χ0) is 9.80. The largest absolute Gasteiger partial charge is 0.360 e. The Morgan fingerprint density at radius 3 is 3.07 bits per heavy atom. The average Bonchev–Trinajstić information content (AvgIpc) is 2.77. The van der Waals surface area contributed by atoms with Crippen molar-refractivity contribution in [1.82, 2.24) is 20.4 Å². The van der Waals surface area contributed by atoms with Crippen molar-refractivity contribution in [2.75, 3.05) is 11.9 Å². The topological polar surface area (TPSA) is 66.5 Å². The van der Waals surface area contributed by atoms with Gasteiger partial charge in [-0.3, -0.25) is 5.10 Å². The summed E-state index contributed by atoms with van der Waals surface area (Å²) in [6.45, 7) is 2.80. The molecule has 6 heteroatoms. The molecule has 14 heavy (non-hydrogen) atoms. The summed E-state index contributed by atoms with van der Waals surface area (Å²) in [6, 6.07) is 0. The van der Waals surface area contributed by atoms with Crippen molar-refractivity contribution >= 4 is 16.5 Å². The highest BCUT2D eigenvalue weighted by Crippen LogP contribution is 2.13. The highest BCUT2D eigenvalue weighted by Gasteiger charge is 1.99. The van der Waals surface area contributed by atoms with E-state index in [4.69, 9.17) is 0 Å². The second kappa shape index (κ2) is 4.19. The Kier molecular flexibility index (Phi) is 2.73. The third-order valence-corrected chi connectivity index (χ3v) is 2.57. The Balaban J connectivity index is 1.78. The van der Waals surface area contributed by atoms with Gasteiger partial charge in [-0.15, -0.1) is 10.2 Å². The van der Waals surface area contributed by atoms with Gasteiger partial charge in [-0.25, -0.2) is 0 Å². The lowest BCUT2D eigenvalue weighted by Crippen LogP contribution is -2.03. The Morgan fingerprint density at radius 1 is 1.50 bits per heavy atom. The zero-order valence-corrected chi connectivity index (χ0v) is 8.64. The van der Waals surface area contributed by atoms with Crippen LogP contribution in [0.1, 0.15) is 10.6 Å². The lowest BCUT2D eigenvalue weighted by atomic mass is 10.3. The monoisotopic (exact) mass is 209 g/mol. The molecule has 2 aromatic heterocycles. The normalized spacial score (nSPS) is 10.4. The molecule has 0 saturated heterocycles. The second-order valence-corrected chi connectivity index (χ2v) is 4.09. The molecule has 0 spiro atoms. The molecule has 74 valence electrons. The Hall–Kier alpha value is -1.43. The van der Waals surface area contributed by atoms with Gasteiger partial charge in [0.2, 0.25) is 5.13 Å². The van der Waals surface area contributed by atoms with Crippen LogP contribution in [-0.2, 0) is 6.42 Å². The lowest BCUT2D eigenvalue weighted by molar-refractivity contribution is 0.987. The third-order valence-electron chi connectivity index (χ3n) is 1.77. The zero-order valence-electron chi connectivity index (χ0n) is 7.82. The molecule has 0 atom stereocenters. The summed E-state index contributed by atoms with van der Waals surface area (Å²) >= 11 is 1.57. The van der Waals surface area contributed by atoms with Crippen molar-refractivity contribution < 1.29 is 0 Å². The lowest BCUT2D eigenvalue weighted by Gasteiger charge is -1.98. The van der Waals surface area contributed by atoms with Gasteiger partial charge in [0.25, 0.3) is 0 Å². The van der Waals surface area contributed by atoms with Gasteiger partial charge in [-0.1, -0.05) is 11.3 Å². The Bertz CT molecular complexity index is 380. The van der Waals surface area contributed by atoms with Crippen molar-refractivity contribution in [3.8, 4) is 0 Å². The van der Waals surface area contributed by atoms with Crippen LogP contribution in [-0.4, -0.2) is 26.9 Å². The average molecular weight is 209 g/mol. The minimum absolute atomic E-state index is 0.855. The predicted molar refractivity (Wildman–Crippen MR) is 55.4 cm³/mol. The van der Waals surface area contributed by atoms with E-state index in [1.165, 1.54) is 5.56 Å². The van der Waals surface area contributed by atoms with E-state index in [1.54, 1.807) is 11.3 Å². The van der Waals surface area contributed by atoms with E-state index in [9.17, 15) is 0 Å².